The zero-order valence-corrected chi connectivity index (χ0v) is 22.0. The first-order valence-electron chi connectivity index (χ1n) is 13.7. The van der Waals surface area contributed by atoms with Gasteiger partial charge in [0, 0.05) is 0 Å². The number of hydrogen-bond donors (Lipinski definition) is 3. The molecule has 3 aliphatic carbocycles. The van der Waals surface area contributed by atoms with E-state index in [0.717, 1.165) is 36.8 Å². The van der Waals surface area contributed by atoms with Gasteiger partial charge in [0.2, 0.25) is 0 Å². The summed E-state index contributed by atoms with van der Waals surface area (Å²) in [4.78, 5) is 0. The first-order valence-corrected chi connectivity index (χ1v) is 13.7. The second-order valence-electron chi connectivity index (χ2n) is 12.1. The summed E-state index contributed by atoms with van der Waals surface area (Å²) in [5, 5.41) is 30.6. The molecule has 39 heavy (non-hydrogen) atoms. The number of aromatic hydroxyl groups is 1. The molecule has 0 amide bonds. The highest BCUT2D eigenvalue weighted by atomic mass is 19.4. The molecule has 1 aromatic carbocycles. The van der Waals surface area contributed by atoms with Gasteiger partial charge in [0.15, 0.2) is 0 Å². The molecule has 4 rings (SSSR count). The molecule has 1 aromatic rings. The molecule has 0 radical (unpaired) electrons. The van der Waals surface area contributed by atoms with E-state index in [-0.39, 0.29) is 47.2 Å². The molecular formula is C29H37F7O3. The van der Waals surface area contributed by atoms with Gasteiger partial charge in [-0.15, -0.1) is 6.58 Å². The van der Waals surface area contributed by atoms with Crippen LogP contribution in [0.2, 0.25) is 0 Å². The minimum atomic E-state index is -6.47. The number of fused-ring (bicyclic) bond motifs is 5. The number of allylic oxidation sites excluding steroid dienone is 1. The van der Waals surface area contributed by atoms with Crippen molar-refractivity contribution in [3.63, 3.8) is 0 Å². The molecule has 2 saturated carbocycles. The summed E-state index contributed by atoms with van der Waals surface area (Å²) in [5.74, 6) is -11.4. The standard InChI is InChI=1S/C29H37F7O3/c1-3-26-14-13-17-15-19(37)9-10-20(17)24(26)18(16-25(2)21(26)11-12-22(25)38)7-5-4-6-8-23(39)27(30,31)28(32,33)29(34,35)36/h3,9-10,15,18,21-24,37-39H,1,4-8,11-14,16H2,2H3/t18-,21?,22-,23-,24?,25-,26-/m0/s1. The van der Waals surface area contributed by atoms with E-state index < -0.39 is 36.7 Å². The van der Waals surface area contributed by atoms with E-state index in [1.54, 1.807) is 12.1 Å². The van der Waals surface area contributed by atoms with Crippen molar-refractivity contribution >= 4 is 0 Å². The molecule has 0 heterocycles. The van der Waals surface area contributed by atoms with Crippen LogP contribution in [-0.4, -0.2) is 45.5 Å². The highest BCUT2D eigenvalue weighted by Gasteiger charge is 2.75. The molecular weight excluding hydrogens is 529 g/mol. The molecule has 2 fully saturated rings. The number of unbranched alkanes of at least 4 members (excludes halogenated alkanes) is 2. The molecule has 7 atom stereocenters. The number of aliphatic hydroxyl groups is 2. The third-order valence-electron chi connectivity index (χ3n) is 10.1. The quantitative estimate of drug-likeness (QED) is 0.165. The van der Waals surface area contributed by atoms with Crippen molar-refractivity contribution in [3.05, 3.63) is 42.0 Å². The second-order valence-corrected chi connectivity index (χ2v) is 12.1. The Morgan fingerprint density at radius 2 is 1.77 bits per heavy atom. The average molecular weight is 567 g/mol. The molecule has 10 heteroatoms. The zero-order valence-electron chi connectivity index (χ0n) is 22.0. The van der Waals surface area contributed by atoms with E-state index in [1.165, 1.54) is 0 Å². The molecule has 0 aromatic heterocycles. The van der Waals surface area contributed by atoms with E-state index >= 15 is 0 Å². The lowest BCUT2D eigenvalue weighted by atomic mass is 9.44. The summed E-state index contributed by atoms with van der Waals surface area (Å²) >= 11 is 0. The van der Waals surface area contributed by atoms with E-state index in [1.807, 2.05) is 12.1 Å². The van der Waals surface area contributed by atoms with E-state index in [9.17, 15) is 46.1 Å². The Balaban J connectivity index is 1.49. The Labute approximate surface area is 224 Å². The Bertz CT molecular complexity index is 1060. The van der Waals surface area contributed by atoms with Crippen molar-refractivity contribution in [2.75, 3.05) is 0 Å². The second kappa shape index (κ2) is 10.2. The van der Waals surface area contributed by atoms with Crippen LogP contribution in [0.15, 0.2) is 30.9 Å². The maximum atomic E-state index is 13.8. The number of alkyl halides is 7. The number of benzene rings is 1. The SMILES string of the molecule is C=C[C@@]12CCc3cc(O)ccc3C1[C@@H](CCCCC[C@H](O)C(F)(F)C(F)(F)C(F)(F)F)C[C@@]1(C)C2CC[C@@H]1O. The Kier molecular flexibility index (Phi) is 7.91. The zero-order chi connectivity index (χ0) is 29.0. The lowest BCUT2D eigenvalue weighted by Gasteiger charge is -2.60. The van der Waals surface area contributed by atoms with Crippen LogP contribution in [0.1, 0.15) is 81.8 Å². The third kappa shape index (κ3) is 4.77. The van der Waals surface area contributed by atoms with E-state index in [0.29, 0.717) is 19.3 Å². The largest absolute Gasteiger partial charge is 0.508 e. The Morgan fingerprint density at radius 3 is 2.41 bits per heavy atom. The van der Waals surface area contributed by atoms with Crippen molar-refractivity contribution < 1.29 is 46.1 Å². The molecule has 3 N–H and O–H groups in total. The minimum absolute atomic E-state index is 0.0584. The van der Waals surface area contributed by atoms with Gasteiger partial charge in [0.25, 0.3) is 0 Å². The van der Waals surface area contributed by atoms with Gasteiger partial charge in [-0.25, -0.2) is 0 Å². The van der Waals surface area contributed by atoms with Crippen LogP contribution in [0, 0.1) is 22.7 Å². The summed E-state index contributed by atoms with van der Waals surface area (Å²) in [6.45, 7) is 6.33. The molecule has 0 saturated heterocycles. The van der Waals surface area contributed by atoms with Gasteiger partial charge < -0.3 is 15.3 Å². The fourth-order valence-corrected chi connectivity index (χ4v) is 8.19. The van der Waals surface area contributed by atoms with Crippen molar-refractivity contribution in [2.45, 2.75) is 107 Å². The normalized spacial score (nSPS) is 33.7. The summed E-state index contributed by atoms with van der Waals surface area (Å²) in [7, 11) is 0. The van der Waals surface area contributed by atoms with Gasteiger partial charge in [0.1, 0.15) is 11.9 Å². The highest BCUT2D eigenvalue weighted by Crippen LogP contribution is 2.69. The number of halogens is 7. The molecule has 3 nitrogen and oxygen atoms in total. The monoisotopic (exact) mass is 566 g/mol. The fourth-order valence-electron chi connectivity index (χ4n) is 8.19. The van der Waals surface area contributed by atoms with Crippen LogP contribution in [0.4, 0.5) is 30.7 Å². The number of rotatable bonds is 9. The summed E-state index contributed by atoms with van der Waals surface area (Å²) in [5.41, 5.74) is 1.56. The Morgan fingerprint density at radius 1 is 1.08 bits per heavy atom. The van der Waals surface area contributed by atoms with E-state index in [2.05, 4.69) is 13.5 Å². The van der Waals surface area contributed by atoms with Crippen LogP contribution < -0.4 is 0 Å². The molecule has 0 bridgehead atoms. The molecule has 3 aliphatic rings. The van der Waals surface area contributed by atoms with Crippen molar-refractivity contribution in [3.8, 4) is 5.75 Å². The average Bonchev–Trinajstić information content (AvgIpc) is 3.16. The summed E-state index contributed by atoms with van der Waals surface area (Å²) in [6, 6.07) is 5.37. The van der Waals surface area contributed by atoms with Crippen LogP contribution >= 0.6 is 0 Å². The van der Waals surface area contributed by atoms with Gasteiger partial charge in [-0.05, 0) is 96.8 Å². The first-order chi connectivity index (χ1) is 18.0. The third-order valence-corrected chi connectivity index (χ3v) is 10.1. The van der Waals surface area contributed by atoms with Crippen LogP contribution in [0.3, 0.4) is 0 Å². The maximum absolute atomic E-state index is 13.8. The number of phenolic OH excluding ortho intramolecular Hbond substituents is 1. The smallest absolute Gasteiger partial charge is 0.459 e. The maximum Gasteiger partial charge on any atom is 0.459 e. The van der Waals surface area contributed by atoms with Gasteiger partial charge >= 0.3 is 18.0 Å². The predicted octanol–water partition coefficient (Wildman–Crippen LogP) is 7.54. The first kappa shape index (κ1) is 30.2. The molecule has 220 valence electrons. The molecule has 2 unspecified atom stereocenters. The number of hydrogen-bond acceptors (Lipinski definition) is 3. The van der Waals surface area contributed by atoms with Crippen molar-refractivity contribution in [2.24, 2.45) is 22.7 Å². The number of aryl methyl sites for hydroxylation is 1. The molecule has 0 aliphatic heterocycles. The fraction of sp³-hybridized carbons (Fsp3) is 0.724. The van der Waals surface area contributed by atoms with Crippen molar-refractivity contribution in [1.82, 2.24) is 0 Å². The highest BCUT2D eigenvalue weighted by molar-refractivity contribution is 5.43. The Hall–Kier alpha value is -1.81. The van der Waals surface area contributed by atoms with Crippen LogP contribution in [0.25, 0.3) is 0 Å². The van der Waals surface area contributed by atoms with Gasteiger partial charge in [-0.1, -0.05) is 38.3 Å². The van der Waals surface area contributed by atoms with Crippen LogP contribution in [0.5, 0.6) is 5.75 Å². The summed E-state index contributed by atoms with van der Waals surface area (Å²) in [6.07, 6.45) is -3.83. The topological polar surface area (TPSA) is 60.7 Å². The number of aliphatic hydroxyl groups excluding tert-OH is 2. The van der Waals surface area contributed by atoms with Crippen LogP contribution in [-0.2, 0) is 6.42 Å². The predicted molar refractivity (Wildman–Crippen MR) is 132 cm³/mol. The van der Waals surface area contributed by atoms with Gasteiger partial charge in [-0.3, -0.25) is 0 Å². The number of phenols is 1. The van der Waals surface area contributed by atoms with Gasteiger partial charge in [0.05, 0.1) is 6.10 Å². The minimum Gasteiger partial charge on any atom is -0.508 e. The van der Waals surface area contributed by atoms with E-state index in [4.69, 9.17) is 0 Å². The lowest BCUT2D eigenvalue weighted by molar-refractivity contribution is -0.371. The van der Waals surface area contributed by atoms with Gasteiger partial charge in [-0.2, -0.15) is 30.7 Å². The summed E-state index contributed by atoms with van der Waals surface area (Å²) < 4.78 is 91.3. The van der Waals surface area contributed by atoms with Crippen molar-refractivity contribution in [1.29, 1.82) is 0 Å². The molecule has 0 spiro atoms. The lowest BCUT2D eigenvalue weighted by Crippen LogP contribution is -2.57.